The van der Waals surface area contributed by atoms with Gasteiger partial charge in [-0.25, -0.2) is 9.37 Å². The number of nitrogens with zero attached hydrogens (tertiary/aromatic N) is 1. The summed E-state index contributed by atoms with van der Waals surface area (Å²) in [4.78, 5) is 4.06. The number of benzene rings is 1. The van der Waals surface area contributed by atoms with E-state index in [4.69, 9.17) is 5.73 Å². The first-order chi connectivity index (χ1) is 7.15. The van der Waals surface area contributed by atoms with E-state index in [-0.39, 0.29) is 5.82 Å². The van der Waals surface area contributed by atoms with Crippen molar-refractivity contribution in [3.63, 3.8) is 0 Å². The summed E-state index contributed by atoms with van der Waals surface area (Å²) in [6.45, 7) is 1.84. The van der Waals surface area contributed by atoms with E-state index in [0.29, 0.717) is 10.1 Å². The van der Waals surface area contributed by atoms with Crippen LogP contribution in [0.4, 0.5) is 20.2 Å². The molecule has 0 spiro atoms. The Balaban J connectivity index is 2.24. The highest BCUT2D eigenvalue weighted by atomic mass is 32.1. The molecule has 0 saturated carbocycles. The summed E-state index contributed by atoms with van der Waals surface area (Å²) in [5, 5.41) is 4.44. The zero-order chi connectivity index (χ0) is 10.8. The molecule has 15 heavy (non-hydrogen) atoms. The molecule has 0 amide bonds. The summed E-state index contributed by atoms with van der Waals surface area (Å²) in [6.07, 6.45) is 1.59. The standard InChI is InChI=1S/C10H10FN3S/c1-6-4-7(11)2-3-8(6)14-10-13-5-9(12)15-10/h2-5H,12H2,1H3,(H,13,14). The highest BCUT2D eigenvalue weighted by molar-refractivity contribution is 7.19. The maximum absolute atomic E-state index is 12.8. The van der Waals surface area contributed by atoms with Crippen molar-refractivity contribution in [2.45, 2.75) is 6.92 Å². The molecule has 2 rings (SSSR count). The number of nitrogens with two attached hydrogens (primary N) is 1. The maximum atomic E-state index is 12.8. The van der Waals surface area contributed by atoms with Crippen LogP contribution in [0.3, 0.4) is 0 Å². The Kier molecular flexibility index (Phi) is 2.55. The molecule has 0 aliphatic carbocycles. The third kappa shape index (κ3) is 2.24. The molecule has 2 aromatic rings. The van der Waals surface area contributed by atoms with Crippen LogP contribution < -0.4 is 11.1 Å². The number of halogens is 1. The Morgan fingerprint density at radius 3 is 2.87 bits per heavy atom. The van der Waals surface area contributed by atoms with Crippen LogP contribution in [-0.4, -0.2) is 4.98 Å². The second-order valence-electron chi connectivity index (χ2n) is 3.15. The summed E-state index contributed by atoms with van der Waals surface area (Å²) < 4.78 is 12.8. The van der Waals surface area contributed by atoms with E-state index in [1.165, 1.54) is 23.5 Å². The monoisotopic (exact) mass is 223 g/mol. The van der Waals surface area contributed by atoms with Gasteiger partial charge in [0.05, 0.1) is 6.20 Å². The van der Waals surface area contributed by atoms with Crippen LogP contribution in [-0.2, 0) is 0 Å². The van der Waals surface area contributed by atoms with E-state index >= 15 is 0 Å². The van der Waals surface area contributed by atoms with Crippen LogP contribution in [0.2, 0.25) is 0 Å². The molecule has 78 valence electrons. The zero-order valence-electron chi connectivity index (χ0n) is 8.12. The topological polar surface area (TPSA) is 50.9 Å². The van der Waals surface area contributed by atoms with Gasteiger partial charge in [-0.05, 0) is 30.7 Å². The van der Waals surface area contributed by atoms with Crippen molar-refractivity contribution in [3.05, 3.63) is 35.8 Å². The fraction of sp³-hybridized carbons (Fsp3) is 0.100. The van der Waals surface area contributed by atoms with Gasteiger partial charge in [-0.1, -0.05) is 11.3 Å². The van der Waals surface area contributed by atoms with Crippen LogP contribution >= 0.6 is 11.3 Å². The lowest BCUT2D eigenvalue weighted by atomic mass is 10.2. The average molecular weight is 223 g/mol. The van der Waals surface area contributed by atoms with Gasteiger partial charge in [-0.15, -0.1) is 0 Å². The number of anilines is 3. The van der Waals surface area contributed by atoms with Gasteiger partial charge in [0.2, 0.25) is 0 Å². The third-order valence-corrected chi connectivity index (χ3v) is 2.70. The molecule has 0 bridgehead atoms. The van der Waals surface area contributed by atoms with Gasteiger partial charge < -0.3 is 11.1 Å². The first-order valence-corrected chi connectivity index (χ1v) is 5.21. The fourth-order valence-electron chi connectivity index (χ4n) is 1.23. The molecule has 3 nitrogen and oxygen atoms in total. The van der Waals surface area contributed by atoms with E-state index in [1.807, 2.05) is 6.92 Å². The van der Waals surface area contributed by atoms with Crippen molar-refractivity contribution in [2.24, 2.45) is 0 Å². The van der Waals surface area contributed by atoms with Crippen molar-refractivity contribution < 1.29 is 4.39 Å². The number of hydrogen-bond donors (Lipinski definition) is 2. The minimum absolute atomic E-state index is 0.239. The van der Waals surface area contributed by atoms with Crippen LogP contribution in [0.5, 0.6) is 0 Å². The molecule has 1 aromatic carbocycles. The largest absolute Gasteiger partial charge is 0.389 e. The number of nitrogen functional groups attached to an aromatic ring is 1. The number of rotatable bonds is 2. The number of hydrogen-bond acceptors (Lipinski definition) is 4. The van der Waals surface area contributed by atoms with Crippen LogP contribution in [0.25, 0.3) is 0 Å². The molecule has 1 aromatic heterocycles. The van der Waals surface area contributed by atoms with Crippen molar-refractivity contribution in [1.29, 1.82) is 0 Å². The quantitative estimate of drug-likeness (QED) is 0.823. The highest BCUT2D eigenvalue weighted by Gasteiger charge is 2.03. The number of aryl methyl sites for hydroxylation is 1. The van der Waals surface area contributed by atoms with Crippen LogP contribution in [0, 0.1) is 12.7 Å². The molecule has 0 atom stereocenters. The van der Waals surface area contributed by atoms with Gasteiger partial charge in [0, 0.05) is 5.69 Å². The summed E-state index contributed by atoms with van der Waals surface area (Å²) in [5.74, 6) is -0.239. The minimum atomic E-state index is -0.239. The molecule has 5 heteroatoms. The molecule has 0 unspecified atom stereocenters. The molecule has 3 N–H and O–H groups in total. The van der Waals surface area contributed by atoms with E-state index in [2.05, 4.69) is 10.3 Å². The second kappa shape index (κ2) is 3.86. The van der Waals surface area contributed by atoms with Gasteiger partial charge in [0.15, 0.2) is 5.13 Å². The SMILES string of the molecule is Cc1cc(F)ccc1Nc1ncc(N)s1. The molecule has 0 aliphatic rings. The minimum Gasteiger partial charge on any atom is -0.389 e. The lowest BCUT2D eigenvalue weighted by Gasteiger charge is -2.05. The Morgan fingerprint density at radius 2 is 2.27 bits per heavy atom. The molecular weight excluding hydrogens is 213 g/mol. The normalized spacial score (nSPS) is 10.3. The Bertz CT molecular complexity index is 481. The lowest BCUT2D eigenvalue weighted by molar-refractivity contribution is 0.627. The molecular formula is C10H10FN3S. The molecule has 0 radical (unpaired) electrons. The smallest absolute Gasteiger partial charge is 0.189 e. The predicted octanol–water partition coefficient (Wildman–Crippen LogP) is 2.92. The van der Waals surface area contributed by atoms with E-state index in [1.54, 1.807) is 12.3 Å². The Morgan fingerprint density at radius 1 is 1.47 bits per heavy atom. The summed E-state index contributed by atoms with van der Waals surface area (Å²) >= 11 is 1.36. The number of thiazole rings is 1. The van der Waals surface area contributed by atoms with Gasteiger partial charge in [0.1, 0.15) is 10.8 Å². The van der Waals surface area contributed by atoms with Crippen LogP contribution in [0.15, 0.2) is 24.4 Å². The number of aromatic nitrogens is 1. The van der Waals surface area contributed by atoms with Crippen molar-refractivity contribution in [1.82, 2.24) is 4.98 Å². The maximum Gasteiger partial charge on any atom is 0.189 e. The highest BCUT2D eigenvalue weighted by Crippen LogP contribution is 2.25. The summed E-state index contributed by atoms with van der Waals surface area (Å²) in [5.41, 5.74) is 7.23. The summed E-state index contributed by atoms with van der Waals surface area (Å²) in [7, 11) is 0. The first kappa shape index (κ1) is 9.92. The van der Waals surface area contributed by atoms with E-state index < -0.39 is 0 Å². The molecule has 0 fully saturated rings. The van der Waals surface area contributed by atoms with Gasteiger partial charge in [-0.2, -0.15) is 0 Å². The predicted molar refractivity (Wildman–Crippen MR) is 60.9 cm³/mol. The zero-order valence-corrected chi connectivity index (χ0v) is 8.94. The van der Waals surface area contributed by atoms with E-state index in [9.17, 15) is 4.39 Å². The van der Waals surface area contributed by atoms with E-state index in [0.717, 1.165) is 11.3 Å². The summed E-state index contributed by atoms with van der Waals surface area (Å²) in [6, 6.07) is 4.56. The molecule has 0 saturated heterocycles. The van der Waals surface area contributed by atoms with Crippen molar-refractivity contribution in [3.8, 4) is 0 Å². The van der Waals surface area contributed by atoms with Gasteiger partial charge >= 0.3 is 0 Å². The molecule has 1 heterocycles. The lowest BCUT2D eigenvalue weighted by Crippen LogP contribution is -1.92. The average Bonchev–Trinajstić information content (AvgIpc) is 2.56. The van der Waals surface area contributed by atoms with Gasteiger partial charge in [-0.3, -0.25) is 0 Å². The van der Waals surface area contributed by atoms with Crippen molar-refractivity contribution >= 4 is 27.2 Å². The fourth-order valence-corrected chi connectivity index (χ4v) is 1.82. The number of nitrogens with one attached hydrogen (secondary N) is 1. The van der Waals surface area contributed by atoms with Gasteiger partial charge in [0.25, 0.3) is 0 Å². The van der Waals surface area contributed by atoms with Crippen LogP contribution in [0.1, 0.15) is 5.56 Å². The first-order valence-electron chi connectivity index (χ1n) is 4.39. The molecule has 0 aliphatic heterocycles. The third-order valence-electron chi connectivity index (χ3n) is 1.95. The Labute approximate surface area is 90.8 Å². The second-order valence-corrected chi connectivity index (χ2v) is 4.21. The Hall–Kier alpha value is -1.62. The van der Waals surface area contributed by atoms with Crippen molar-refractivity contribution in [2.75, 3.05) is 11.1 Å².